The number of hydrogen-bond donors (Lipinski definition) is 1. The van der Waals surface area contributed by atoms with Crippen molar-refractivity contribution in [3.8, 4) is 0 Å². The minimum atomic E-state index is -2.54. The fourth-order valence-electron chi connectivity index (χ4n) is 2.04. The zero-order chi connectivity index (χ0) is 12.5. The fourth-order valence-corrected chi connectivity index (χ4v) is 2.04. The highest BCUT2D eigenvalue weighted by Crippen LogP contribution is 2.30. The largest absolute Gasteiger partial charge is 0.392 e. The van der Waals surface area contributed by atoms with Gasteiger partial charge in [-0.05, 0) is 24.6 Å². The minimum absolute atomic E-state index is 0.0552. The van der Waals surface area contributed by atoms with Gasteiger partial charge in [0.15, 0.2) is 0 Å². The van der Waals surface area contributed by atoms with Gasteiger partial charge < -0.3 is 10.0 Å². The van der Waals surface area contributed by atoms with Crippen LogP contribution in [0.5, 0.6) is 0 Å². The van der Waals surface area contributed by atoms with E-state index in [0.717, 1.165) is 11.3 Å². The van der Waals surface area contributed by atoms with Gasteiger partial charge >= 0.3 is 0 Å². The molecule has 17 heavy (non-hydrogen) atoms. The van der Waals surface area contributed by atoms with Crippen molar-refractivity contribution in [2.45, 2.75) is 32.3 Å². The van der Waals surface area contributed by atoms with E-state index < -0.39 is 5.92 Å². The van der Waals surface area contributed by atoms with Gasteiger partial charge in [0.05, 0.1) is 6.61 Å². The molecule has 1 saturated heterocycles. The summed E-state index contributed by atoms with van der Waals surface area (Å²) in [6, 6.07) is 3.55. The molecule has 1 aliphatic rings. The second-order valence-corrected chi connectivity index (χ2v) is 4.48. The number of piperidine rings is 1. The van der Waals surface area contributed by atoms with Gasteiger partial charge in [-0.2, -0.15) is 0 Å². The second-order valence-electron chi connectivity index (χ2n) is 4.48. The molecule has 5 heteroatoms. The smallest absolute Gasteiger partial charge is 0.251 e. The molecule has 94 valence electrons. The van der Waals surface area contributed by atoms with Crippen molar-refractivity contribution in [1.29, 1.82) is 0 Å². The number of pyridine rings is 1. The first-order valence-electron chi connectivity index (χ1n) is 5.71. The molecule has 0 radical (unpaired) electrons. The molecule has 1 aromatic heterocycles. The summed E-state index contributed by atoms with van der Waals surface area (Å²) >= 11 is 0. The van der Waals surface area contributed by atoms with Crippen molar-refractivity contribution < 1.29 is 13.9 Å². The van der Waals surface area contributed by atoms with Crippen molar-refractivity contribution in [3.05, 3.63) is 23.4 Å². The lowest BCUT2D eigenvalue weighted by atomic mass is 10.1. The summed E-state index contributed by atoms with van der Waals surface area (Å²) in [5.41, 5.74) is 1.56. The van der Waals surface area contributed by atoms with E-state index in [-0.39, 0.29) is 19.4 Å². The van der Waals surface area contributed by atoms with Crippen LogP contribution >= 0.6 is 0 Å². The zero-order valence-electron chi connectivity index (χ0n) is 9.79. The Bertz CT molecular complexity index is 399. The third-order valence-electron chi connectivity index (χ3n) is 3.00. The molecule has 0 aliphatic carbocycles. The lowest BCUT2D eigenvalue weighted by Gasteiger charge is -2.32. The molecule has 1 fully saturated rings. The van der Waals surface area contributed by atoms with Gasteiger partial charge in [-0.15, -0.1) is 0 Å². The molecular formula is C12H16F2N2O. The van der Waals surface area contributed by atoms with Crippen molar-refractivity contribution in [2.24, 2.45) is 0 Å². The summed E-state index contributed by atoms with van der Waals surface area (Å²) in [4.78, 5) is 6.17. The van der Waals surface area contributed by atoms with Crippen molar-refractivity contribution in [3.63, 3.8) is 0 Å². The Balaban J connectivity index is 2.15. The summed E-state index contributed by atoms with van der Waals surface area (Å²) in [7, 11) is 0. The zero-order valence-corrected chi connectivity index (χ0v) is 9.79. The van der Waals surface area contributed by atoms with E-state index in [1.807, 2.05) is 11.8 Å². The van der Waals surface area contributed by atoms with Crippen LogP contribution in [0.1, 0.15) is 24.1 Å². The number of aryl methyl sites for hydroxylation is 1. The molecule has 0 bridgehead atoms. The SMILES string of the molecule is Cc1cc(CO)cc(N2CCC(F)(F)CC2)n1. The average Bonchev–Trinajstić information content (AvgIpc) is 2.28. The van der Waals surface area contributed by atoms with E-state index >= 15 is 0 Å². The van der Waals surface area contributed by atoms with Gasteiger partial charge in [-0.25, -0.2) is 13.8 Å². The maximum atomic E-state index is 13.0. The predicted molar refractivity (Wildman–Crippen MR) is 61.3 cm³/mol. The van der Waals surface area contributed by atoms with E-state index in [9.17, 15) is 8.78 Å². The molecule has 2 rings (SSSR count). The monoisotopic (exact) mass is 242 g/mol. The number of hydrogen-bond acceptors (Lipinski definition) is 3. The van der Waals surface area contributed by atoms with Gasteiger partial charge in [-0.3, -0.25) is 0 Å². The predicted octanol–water partition coefficient (Wildman–Crippen LogP) is 2.12. The molecule has 1 aromatic rings. The molecule has 1 aliphatic heterocycles. The van der Waals surface area contributed by atoms with Gasteiger partial charge in [0.2, 0.25) is 0 Å². The number of aliphatic hydroxyl groups excluding tert-OH is 1. The number of rotatable bonds is 2. The van der Waals surface area contributed by atoms with E-state index in [4.69, 9.17) is 5.11 Å². The Hall–Kier alpha value is -1.23. The maximum absolute atomic E-state index is 13.0. The summed E-state index contributed by atoms with van der Waals surface area (Å²) in [6.45, 7) is 2.41. The number of halogens is 2. The van der Waals surface area contributed by atoms with Crippen LogP contribution in [0.4, 0.5) is 14.6 Å². The third kappa shape index (κ3) is 2.91. The molecule has 0 spiro atoms. The normalized spacial score (nSPS) is 19.4. The van der Waals surface area contributed by atoms with Crippen LogP contribution in [0, 0.1) is 6.92 Å². The van der Waals surface area contributed by atoms with Gasteiger partial charge in [0.1, 0.15) is 5.82 Å². The first-order valence-corrected chi connectivity index (χ1v) is 5.71. The Labute approximate surface area is 99.1 Å². The van der Waals surface area contributed by atoms with E-state index in [1.165, 1.54) is 0 Å². The van der Waals surface area contributed by atoms with Crippen molar-refractivity contribution in [1.82, 2.24) is 4.98 Å². The maximum Gasteiger partial charge on any atom is 0.251 e. The quantitative estimate of drug-likeness (QED) is 0.863. The Kier molecular flexibility index (Phi) is 3.28. The molecule has 1 N–H and O–H groups in total. The van der Waals surface area contributed by atoms with Gasteiger partial charge in [0.25, 0.3) is 5.92 Å². The van der Waals surface area contributed by atoms with Crippen LogP contribution < -0.4 is 4.90 Å². The lowest BCUT2D eigenvalue weighted by Crippen LogP contribution is -2.39. The van der Waals surface area contributed by atoms with E-state index in [2.05, 4.69) is 4.98 Å². The molecule has 0 aromatic carbocycles. The summed E-state index contributed by atoms with van der Waals surface area (Å²) in [5.74, 6) is -1.86. The highest BCUT2D eigenvalue weighted by molar-refractivity contribution is 5.43. The first-order chi connectivity index (χ1) is 8.00. The molecule has 3 nitrogen and oxygen atoms in total. The van der Waals surface area contributed by atoms with E-state index in [0.29, 0.717) is 18.9 Å². The molecular weight excluding hydrogens is 226 g/mol. The summed E-state index contributed by atoms with van der Waals surface area (Å²) in [6.07, 6.45) is -0.256. The van der Waals surface area contributed by atoms with Gasteiger partial charge in [0, 0.05) is 31.6 Å². The fraction of sp³-hybridized carbons (Fsp3) is 0.583. The van der Waals surface area contributed by atoms with Crippen molar-refractivity contribution >= 4 is 5.82 Å². The van der Waals surface area contributed by atoms with E-state index in [1.54, 1.807) is 12.1 Å². The van der Waals surface area contributed by atoms with Crippen LogP contribution in [0.15, 0.2) is 12.1 Å². The highest BCUT2D eigenvalue weighted by atomic mass is 19.3. The number of aliphatic hydroxyl groups is 1. The first kappa shape index (κ1) is 12.2. The van der Waals surface area contributed by atoms with Crippen LogP contribution in [0.25, 0.3) is 0 Å². The van der Waals surface area contributed by atoms with Crippen LogP contribution in [-0.2, 0) is 6.61 Å². The molecule has 0 saturated carbocycles. The highest BCUT2D eigenvalue weighted by Gasteiger charge is 2.34. The second kappa shape index (κ2) is 4.56. The van der Waals surface area contributed by atoms with Gasteiger partial charge in [-0.1, -0.05) is 0 Å². The molecule has 0 unspecified atom stereocenters. The van der Waals surface area contributed by atoms with Crippen LogP contribution in [0.3, 0.4) is 0 Å². The molecule has 0 atom stereocenters. The van der Waals surface area contributed by atoms with Crippen LogP contribution in [0.2, 0.25) is 0 Å². The summed E-state index contributed by atoms with van der Waals surface area (Å²) in [5, 5.41) is 9.10. The number of alkyl halides is 2. The molecule has 2 heterocycles. The standard InChI is InChI=1S/C12H16F2N2O/c1-9-6-10(8-17)7-11(15-9)16-4-2-12(13,14)3-5-16/h6-7,17H,2-5,8H2,1H3. The summed E-state index contributed by atoms with van der Waals surface area (Å²) < 4.78 is 26.1. The topological polar surface area (TPSA) is 36.4 Å². The number of anilines is 1. The molecule has 0 amide bonds. The van der Waals surface area contributed by atoms with Crippen LogP contribution in [-0.4, -0.2) is 29.1 Å². The Morgan fingerprint density at radius 1 is 1.35 bits per heavy atom. The Morgan fingerprint density at radius 2 is 2.00 bits per heavy atom. The van der Waals surface area contributed by atoms with Crippen molar-refractivity contribution in [2.75, 3.05) is 18.0 Å². The Morgan fingerprint density at radius 3 is 2.59 bits per heavy atom. The lowest BCUT2D eigenvalue weighted by molar-refractivity contribution is -0.0221. The number of nitrogens with zero attached hydrogens (tertiary/aromatic N) is 2. The average molecular weight is 242 g/mol. The number of aromatic nitrogens is 1. The third-order valence-corrected chi connectivity index (χ3v) is 3.00. The minimum Gasteiger partial charge on any atom is -0.392 e.